The van der Waals surface area contributed by atoms with Crippen molar-refractivity contribution in [3.05, 3.63) is 42.0 Å². The summed E-state index contributed by atoms with van der Waals surface area (Å²) < 4.78 is 28.1. The summed E-state index contributed by atoms with van der Waals surface area (Å²) >= 11 is 11.9. The zero-order valence-electron chi connectivity index (χ0n) is 10.5. The van der Waals surface area contributed by atoms with Gasteiger partial charge < -0.3 is 0 Å². The molecule has 0 saturated heterocycles. The first-order valence-corrected chi connectivity index (χ1v) is 8.05. The van der Waals surface area contributed by atoms with Crippen LogP contribution >= 0.6 is 23.2 Å². The molecule has 1 aliphatic rings. The van der Waals surface area contributed by atoms with E-state index in [9.17, 15) is 13.2 Å². The van der Waals surface area contributed by atoms with E-state index in [4.69, 9.17) is 23.2 Å². The molecule has 0 unspecified atom stereocenters. The van der Waals surface area contributed by atoms with Crippen LogP contribution in [0.1, 0.15) is 6.92 Å². The Hall–Kier alpha value is -1.17. The smallest absolute Gasteiger partial charge is 0.282 e. The summed E-state index contributed by atoms with van der Waals surface area (Å²) in [5.41, 5.74) is 0.515. The molecule has 0 aromatic heterocycles. The van der Waals surface area contributed by atoms with Gasteiger partial charge in [-0.25, -0.2) is 0 Å². The topological polar surface area (TPSA) is 63.6 Å². The van der Waals surface area contributed by atoms with Crippen molar-refractivity contribution in [3.8, 4) is 0 Å². The third-order valence-corrected chi connectivity index (χ3v) is 5.17. The summed E-state index contributed by atoms with van der Waals surface area (Å²) in [6.07, 6.45) is 1.26. The number of halogens is 2. The molecule has 1 aliphatic carbocycles. The van der Waals surface area contributed by atoms with Crippen LogP contribution in [0.4, 0.5) is 0 Å². The molecule has 0 N–H and O–H groups in total. The van der Waals surface area contributed by atoms with E-state index in [1.807, 2.05) is 0 Å². The van der Waals surface area contributed by atoms with Gasteiger partial charge in [-0.1, -0.05) is 18.2 Å². The molecule has 4 nitrogen and oxygen atoms in total. The van der Waals surface area contributed by atoms with E-state index in [1.165, 1.54) is 18.2 Å². The van der Waals surface area contributed by atoms with Crippen molar-refractivity contribution in [1.82, 2.24) is 0 Å². The molecular weight excluding hydrogens is 321 g/mol. The number of carbonyl (C=O) groups excluding carboxylic acids is 1. The predicted octanol–water partition coefficient (Wildman–Crippen LogP) is 2.56. The van der Waals surface area contributed by atoms with Crippen LogP contribution in [-0.4, -0.2) is 30.7 Å². The lowest BCUT2D eigenvalue weighted by molar-refractivity contribution is -0.114. The number of nitrogens with zero attached hydrogens (tertiary/aromatic N) is 1. The zero-order chi connectivity index (χ0) is 14.9. The van der Waals surface area contributed by atoms with Gasteiger partial charge in [-0.05, 0) is 30.7 Å². The SMILES string of the molecule is CC1=CC(=O)[C@@H](Cl)[C@@H](Cl)C1=NS(=O)(=O)c1ccccc1. The normalized spacial score (nSPS) is 25.6. The molecule has 0 radical (unpaired) electrons. The molecule has 2 atom stereocenters. The first-order chi connectivity index (χ1) is 9.33. The van der Waals surface area contributed by atoms with Crippen molar-refractivity contribution in [2.45, 2.75) is 22.6 Å². The summed E-state index contributed by atoms with van der Waals surface area (Å²) in [7, 11) is -3.87. The number of sulfonamides is 1. The highest BCUT2D eigenvalue weighted by atomic mass is 35.5. The fourth-order valence-electron chi connectivity index (χ4n) is 1.76. The quantitative estimate of drug-likeness (QED) is 0.782. The van der Waals surface area contributed by atoms with E-state index in [1.54, 1.807) is 25.1 Å². The lowest BCUT2D eigenvalue weighted by Crippen LogP contribution is -2.36. The lowest BCUT2D eigenvalue weighted by Gasteiger charge is -2.21. The Morgan fingerprint density at radius 1 is 1.10 bits per heavy atom. The minimum Gasteiger partial charge on any atom is -0.293 e. The van der Waals surface area contributed by atoms with Gasteiger partial charge in [0.1, 0.15) is 10.8 Å². The Kier molecular flexibility index (Phi) is 4.32. The lowest BCUT2D eigenvalue weighted by atomic mass is 9.97. The summed E-state index contributed by atoms with van der Waals surface area (Å²) in [5, 5.41) is -1.97. The number of carbonyl (C=O) groups is 1. The Morgan fingerprint density at radius 3 is 2.30 bits per heavy atom. The van der Waals surface area contributed by atoms with Crippen molar-refractivity contribution in [2.75, 3.05) is 0 Å². The van der Waals surface area contributed by atoms with Gasteiger partial charge in [0.2, 0.25) is 0 Å². The minimum atomic E-state index is -3.87. The maximum atomic E-state index is 12.2. The van der Waals surface area contributed by atoms with E-state index in [0.717, 1.165) is 0 Å². The monoisotopic (exact) mass is 331 g/mol. The first kappa shape index (κ1) is 15.2. The molecule has 0 aliphatic heterocycles. The van der Waals surface area contributed by atoms with E-state index in [-0.39, 0.29) is 16.4 Å². The summed E-state index contributed by atoms with van der Waals surface area (Å²) in [6.45, 7) is 1.58. The van der Waals surface area contributed by atoms with E-state index in [2.05, 4.69) is 4.40 Å². The molecule has 0 amide bonds. The Morgan fingerprint density at radius 2 is 1.70 bits per heavy atom. The van der Waals surface area contributed by atoms with Crippen LogP contribution in [0.25, 0.3) is 0 Å². The van der Waals surface area contributed by atoms with Crippen molar-refractivity contribution < 1.29 is 13.2 Å². The number of hydrogen-bond acceptors (Lipinski definition) is 3. The second kappa shape index (κ2) is 5.68. The van der Waals surface area contributed by atoms with Crippen LogP contribution in [0.5, 0.6) is 0 Å². The van der Waals surface area contributed by atoms with E-state index >= 15 is 0 Å². The highest BCUT2D eigenvalue weighted by Crippen LogP contribution is 2.25. The van der Waals surface area contributed by atoms with Gasteiger partial charge in [-0.2, -0.15) is 12.8 Å². The number of ketones is 1. The number of alkyl halides is 2. The molecule has 0 bridgehead atoms. The van der Waals surface area contributed by atoms with Crippen LogP contribution in [0.15, 0.2) is 51.3 Å². The average molecular weight is 332 g/mol. The Balaban J connectivity index is 2.50. The molecule has 20 heavy (non-hydrogen) atoms. The zero-order valence-corrected chi connectivity index (χ0v) is 12.8. The van der Waals surface area contributed by atoms with Gasteiger partial charge in [0, 0.05) is 0 Å². The minimum absolute atomic E-state index is 0.0622. The summed E-state index contributed by atoms with van der Waals surface area (Å²) in [4.78, 5) is 11.6. The molecule has 1 aromatic rings. The predicted molar refractivity (Wildman–Crippen MR) is 79.1 cm³/mol. The number of benzene rings is 1. The van der Waals surface area contributed by atoms with Gasteiger partial charge in [-0.15, -0.1) is 23.2 Å². The van der Waals surface area contributed by atoms with Crippen LogP contribution in [-0.2, 0) is 14.8 Å². The summed E-state index contributed by atoms with van der Waals surface area (Å²) in [6, 6.07) is 7.78. The number of rotatable bonds is 2. The molecule has 0 spiro atoms. The molecule has 0 saturated carbocycles. The van der Waals surface area contributed by atoms with Gasteiger partial charge in [0.15, 0.2) is 5.78 Å². The average Bonchev–Trinajstić information content (AvgIpc) is 2.42. The van der Waals surface area contributed by atoms with Crippen LogP contribution in [0, 0.1) is 0 Å². The number of allylic oxidation sites excluding steroid dienone is 2. The largest absolute Gasteiger partial charge is 0.293 e. The maximum absolute atomic E-state index is 12.2. The fraction of sp³-hybridized carbons (Fsp3) is 0.231. The molecule has 0 fully saturated rings. The third-order valence-electron chi connectivity index (χ3n) is 2.81. The molecule has 2 rings (SSSR count). The van der Waals surface area contributed by atoms with E-state index < -0.39 is 20.8 Å². The Labute approximate surface area is 127 Å². The fourth-order valence-corrected chi connectivity index (χ4v) is 3.47. The second-order valence-corrected chi connectivity index (χ2v) is 6.84. The number of hydrogen-bond donors (Lipinski definition) is 0. The van der Waals surface area contributed by atoms with Crippen molar-refractivity contribution in [2.24, 2.45) is 4.40 Å². The summed E-state index contributed by atoms with van der Waals surface area (Å²) in [5.74, 6) is -0.347. The van der Waals surface area contributed by atoms with Crippen LogP contribution < -0.4 is 0 Å². The van der Waals surface area contributed by atoms with Crippen molar-refractivity contribution >= 4 is 44.7 Å². The first-order valence-electron chi connectivity index (χ1n) is 5.73. The highest BCUT2D eigenvalue weighted by Gasteiger charge is 2.34. The van der Waals surface area contributed by atoms with Gasteiger partial charge >= 0.3 is 0 Å². The van der Waals surface area contributed by atoms with Crippen LogP contribution in [0.2, 0.25) is 0 Å². The second-order valence-electron chi connectivity index (χ2n) is 4.30. The van der Waals surface area contributed by atoms with Crippen molar-refractivity contribution in [1.29, 1.82) is 0 Å². The van der Waals surface area contributed by atoms with Gasteiger partial charge in [-0.3, -0.25) is 4.79 Å². The molecule has 7 heteroatoms. The van der Waals surface area contributed by atoms with Gasteiger partial charge in [0.05, 0.1) is 10.6 Å². The Bertz CT molecular complexity index is 696. The molecule has 106 valence electrons. The van der Waals surface area contributed by atoms with Gasteiger partial charge in [0.25, 0.3) is 10.0 Å². The standard InChI is InChI=1S/C13H11Cl2NO3S/c1-8-7-10(17)11(14)12(15)13(8)16-20(18,19)9-5-3-2-4-6-9/h2-7,11-12H,1H3/t11-,12-/m1/s1. The third kappa shape index (κ3) is 2.95. The van der Waals surface area contributed by atoms with E-state index in [0.29, 0.717) is 5.57 Å². The van der Waals surface area contributed by atoms with Crippen molar-refractivity contribution in [3.63, 3.8) is 0 Å². The molecule has 0 heterocycles. The molecular formula is C13H11Cl2NO3S. The maximum Gasteiger partial charge on any atom is 0.282 e. The molecule has 1 aromatic carbocycles. The van der Waals surface area contributed by atoms with Crippen LogP contribution in [0.3, 0.4) is 0 Å². The highest BCUT2D eigenvalue weighted by molar-refractivity contribution is 7.90.